The third-order valence-corrected chi connectivity index (χ3v) is 8.83. The second kappa shape index (κ2) is 15.5. The quantitative estimate of drug-likeness (QED) is 0.213. The fourth-order valence-electron chi connectivity index (χ4n) is 6.14. The average Bonchev–Trinajstić information content (AvgIpc) is 3.01. The number of aryl methyl sites for hydroxylation is 1. The van der Waals surface area contributed by atoms with Crippen LogP contribution in [-0.2, 0) is 13.2 Å². The van der Waals surface area contributed by atoms with Crippen LogP contribution in [0.15, 0.2) is 42.5 Å². The van der Waals surface area contributed by atoms with E-state index >= 15 is 0 Å². The molecule has 9 heteroatoms. The molecule has 1 saturated carbocycles. The summed E-state index contributed by atoms with van der Waals surface area (Å²) in [6, 6.07) is 14.5. The predicted octanol–water partition coefficient (Wildman–Crippen LogP) is 7.00. The van der Waals surface area contributed by atoms with E-state index in [2.05, 4.69) is 41.5 Å². The number of pyridine rings is 1. The lowest BCUT2D eigenvalue weighted by atomic mass is 9.89. The number of ether oxygens (including phenoxy) is 2. The summed E-state index contributed by atoms with van der Waals surface area (Å²) in [5.74, 6) is 2.00. The maximum Gasteiger partial charge on any atom is 0.251 e. The van der Waals surface area contributed by atoms with Crippen LogP contribution < -0.4 is 25.0 Å². The molecule has 8 nitrogen and oxygen atoms in total. The molecule has 0 atom stereocenters. The Balaban J connectivity index is 1.54. The molecular formula is C35H48ClN5O3. The monoisotopic (exact) mass is 621 g/mol. The number of carbonyl (C=O) groups excluding carboxylic acids is 1. The highest BCUT2D eigenvalue weighted by Crippen LogP contribution is 2.34. The summed E-state index contributed by atoms with van der Waals surface area (Å²) in [4.78, 5) is 23.2. The molecule has 44 heavy (non-hydrogen) atoms. The fourth-order valence-corrected chi connectivity index (χ4v) is 6.35. The SMILES string of the molecule is CCNc1nc(C)cc(OCc2ccc(OC)cc2)c1CNC(=O)c1cc(Cl)cc(N(CC)C2CCC(N(C)C)CC2)c1C. The molecular weight excluding hydrogens is 574 g/mol. The van der Waals surface area contributed by atoms with Crippen LogP contribution in [0.2, 0.25) is 5.02 Å². The summed E-state index contributed by atoms with van der Waals surface area (Å²) in [5.41, 5.74) is 5.19. The van der Waals surface area contributed by atoms with Crippen LogP contribution in [0.5, 0.6) is 11.5 Å². The van der Waals surface area contributed by atoms with Gasteiger partial charge >= 0.3 is 0 Å². The highest BCUT2D eigenvalue weighted by atomic mass is 35.5. The molecule has 1 aliphatic rings. The number of hydrogen-bond donors (Lipinski definition) is 2. The molecule has 1 fully saturated rings. The van der Waals surface area contributed by atoms with Crippen LogP contribution in [-0.4, -0.2) is 62.2 Å². The highest BCUT2D eigenvalue weighted by molar-refractivity contribution is 6.31. The molecule has 0 radical (unpaired) electrons. The van der Waals surface area contributed by atoms with E-state index in [-0.39, 0.29) is 12.5 Å². The number of anilines is 2. The maximum absolute atomic E-state index is 13.7. The molecule has 0 spiro atoms. The van der Waals surface area contributed by atoms with E-state index < -0.39 is 0 Å². The molecule has 2 N–H and O–H groups in total. The molecule has 2 aromatic carbocycles. The number of nitrogens with zero attached hydrogens (tertiary/aromatic N) is 3. The second-order valence-electron chi connectivity index (χ2n) is 11.7. The van der Waals surface area contributed by atoms with Crippen LogP contribution >= 0.6 is 11.6 Å². The third-order valence-electron chi connectivity index (χ3n) is 8.61. The van der Waals surface area contributed by atoms with Crippen molar-refractivity contribution in [3.05, 3.63) is 75.4 Å². The molecule has 4 rings (SSSR count). The van der Waals surface area contributed by atoms with Gasteiger partial charge in [-0.1, -0.05) is 23.7 Å². The first-order valence-corrected chi connectivity index (χ1v) is 16.0. The van der Waals surface area contributed by atoms with Crippen molar-refractivity contribution in [1.29, 1.82) is 0 Å². The first kappa shape index (κ1) is 33.4. The fraction of sp³-hybridized carbons (Fsp3) is 0.486. The molecule has 0 saturated heterocycles. The molecule has 0 unspecified atom stereocenters. The van der Waals surface area contributed by atoms with E-state index in [0.717, 1.165) is 53.2 Å². The topological polar surface area (TPSA) is 79.0 Å². The predicted molar refractivity (Wildman–Crippen MR) is 181 cm³/mol. The zero-order chi connectivity index (χ0) is 31.8. The Labute approximate surface area is 268 Å². The lowest BCUT2D eigenvalue weighted by Crippen LogP contribution is -2.42. The number of methoxy groups -OCH3 is 1. The van der Waals surface area contributed by atoms with Crippen molar-refractivity contribution in [1.82, 2.24) is 15.2 Å². The number of nitrogens with one attached hydrogen (secondary N) is 2. The number of aromatic nitrogens is 1. The molecule has 0 aliphatic heterocycles. The Morgan fingerprint density at radius 1 is 1.02 bits per heavy atom. The van der Waals surface area contributed by atoms with Crippen molar-refractivity contribution in [3.63, 3.8) is 0 Å². The van der Waals surface area contributed by atoms with E-state index in [0.29, 0.717) is 47.4 Å². The molecule has 3 aromatic rings. The van der Waals surface area contributed by atoms with Gasteiger partial charge in [0.25, 0.3) is 5.91 Å². The lowest BCUT2D eigenvalue weighted by molar-refractivity contribution is 0.0950. The van der Waals surface area contributed by atoms with Gasteiger partial charge in [0, 0.05) is 53.2 Å². The number of carbonyl (C=O) groups is 1. The number of benzene rings is 2. The summed E-state index contributed by atoms with van der Waals surface area (Å²) >= 11 is 6.65. The summed E-state index contributed by atoms with van der Waals surface area (Å²) < 4.78 is 11.6. The van der Waals surface area contributed by atoms with E-state index in [4.69, 9.17) is 26.1 Å². The summed E-state index contributed by atoms with van der Waals surface area (Å²) in [5, 5.41) is 7.04. The standard InChI is InChI=1S/C35H48ClN5O3/c1-8-37-34-31(33(18-23(3)39-34)44-22-25-10-16-29(43-7)17-11-25)21-38-35(42)30-19-26(36)20-32(24(30)4)41(9-2)28-14-12-27(13-15-28)40(5)6/h10-11,16-20,27-28H,8-9,12-15,21-22H2,1-7H3,(H,37,39)(H,38,42). The Hall–Kier alpha value is -3.49. The molecule has 1 aromatic heterocycles. The Morgan fingerprint density at radius 2 is 1.70 bits per heavy atom. The largest absolute Gasteiger partial charge is 0.497 e. The van der Waals surface area contributed by atoms with Crippen LogP contribution in [0.25, 0.3) is 0 Å². The summed E-state index contributed by atoms with van der Waals surface area (Å²) in [7, 11) is 5.98. The van der Waals surface area contributed by atoms with Crippen molar-refractivity contribution >= 4 is 29.0 Å². The van der Waals surface area contributed by atoms with Gasteiger partial charge in [0.05, 0.1) is 19.2 Å². The van der Waals surface area contributed by atoms with Gasteiger partial charge < -0.3 is 29.9 Å². The molecule has 238 valence electrons. The van der Waals surface area contributed by atoms with Crippen molar-refractivity contribution in [2.75, 3.05) is 44.5 Å². The van der Waals surface area contributed by atoms with Crippen LogP contribution in [0.4, 0.5) is 11.5 Å². The van der Waals surface area contributed by atoms with Gasteiger partial charge in [-0.25, -0.2) is 4.98 Å². The zero-order valence-electron chi connectivity index (χ0n) is 27.3. The van der Waals surface area contributed by atoms with Gasteiger partial charge in [0.1, 0.15) is 23.9 Å². The van der Waals surface area contributed by atoms with Crippen molar-refractivity contribution in [2.24, 2.45) is 0 Å². The van der Waals surface area contributed by atoms with Crippen molar-refractivity contribution in [2.45, 2.75) is 78.6 Å². The number of amides is 1. The van der Waals surface area contributed by atoms with Gasteiger partial charge in [-0.15, -0.1) is 0 Å². The van der Waals surface area contributed by atoms with Gasteiger partial charge in [-0.05, 0) is 103 Å². The average molecular weight is 622 g/mol. The minimum atomic E-state index is -0.178. The van der Waals surface area contributed by atoms with Gasteiger partial charge in [0.15, 0.2) is 0 Å². The van der Waals surface area contributed by atoms with Crippen molar-refractivity contribution in [3.8, 4) is 11.5 Å². The van der Waals surface area contributed by atoms with E-state index in [1.54, 1.807) is 13.2 Å². The number of hydrogen-bond acceptors (Lipinski definition) is 7. The minimum Gasteiger partial charge on any atom is -0.497 e. The molecule has 1 amide bonds. The van der Waals surface area contributed by atoms with E-state index in [9.17, 15) is 4.79 Å². The molecule has 1 heterocycles. The van der Waals surface area contributed by atoms with Gasteiger partial charge in [-0.2, -0.15) is 0 Å². The van der Waals surface area contributed by atoms with E-state index in [1.807, 2.05) is 57.2 Å². The van der Waals surface area contributed by atoms with Crippen LogP contribution in [0.3, 0.4) is 0 Å². The maximum atomic E-state index is 13.7. The van der Waals surface area contributed by atoms with Crippen LogP contribution in [0, 0.1) is 13.8 Å². The molecule has 0 bridgehead atoms. The van der Waals surface area contributed by atoms with Gasteiger partial charge in [0.2, 0.25) is 0 Å². The number of halogens is 1. The third kappa shape index (κ3) is 8.16. The second-order valence-corrected chi connectivity index (χ2v) is 12.2. The normalized spacial score (nSPS) is 16.5. The number of rotatable bonds is 13. The minimum absolute atomic E-state index is 0.178. The first-order valence-electron chi connectivity index (χ1n) is 15.7. The summed E-state index contributed by atoms with van der Waals surface area (Å²) in [6.45, 7) is 10.3. The highest BCUT2D eigenvalue weighted by Gasteiger charge is 2.28. The van der Waals surface area contributed by atoms with Crippen LogP contribution in [0.1, 0.15) is 72.3 Å². The molecule has 1 aliphatic carbocycles. The first-order chi connectivity index (χ1) is 21.1. The van der Waals surface area contributed by atoms with Crippen molar-refractivity contribution < 1.29 is 14.3 Å². The summed E-state index contributed by atoms with van der Waals surface area (Å²) in [6.07, 6.45) is 4.58. The Morgan fingerprint density at radius 3 is 2.32 bits per heavy atom. The smallest absolute Gasteiger partial charge is 0.251 e. The van der Waals surface area contributed by atoms with Gasteiger partial charge in [-0.3, -0.25) is 4.79 Å². The zero-order valence-corrected chi connectivity index (χ0v) is 28.1. The Bertz CT molecular complexity index is 1400. The van der Waals surface area contributed by atoms with E-state index in [1.165, 1.54) is 12.8 Å². The lowest BCUT2D eigenvalue weighted by Gasteiger charge is -2.40. The Kier molecular flexibility index (Phi) is 11.8.